The van der Waals surface area contributed by atoms with Crippen LogP contribution in [0, 0.1) is 0 Å². The number of hydrogen-bond donors (Lipinski definition) is 0. The van der Waals surface area contributed by atoms with Crippen LogP contribution in [0.4, 0.5) is 0 Å². The zero-order valence-corrected chi connectivity index (χ0v) is 24.7. The van der Waals surface area contributed by atoms with Gasteiger partial charge in [-0.2, -0.15) is 0 Å². The molecule has 2 heteroatoms. The largest absolute Gasteiger partial charge is 1.00 e. The lowest BCUT2D eigenvalue weighted by atomic mass is 9.99. The van der Waals surface area contributed by atoms with Crippen molar-refractivity contribution in [3.63, 3.8) is 0 Å². The van der Waals surface area contributed by atoms with E-state index in [2.05, 4.69) is 49.0 Å². The second kappa shape index (κ2) is 28.0. The Morgan fingerprint density at radius 2 is 0.686 bits per heavy atom. The molecule has 1 aromatic rings. The maximum atomic E-state index is 2.49. The average molecular weight is 508 g/mol. The summed E-state index contributed by atoms with van der Waals surface area (Å²) in [5.74, 6) is 0. The van der Waals surface area contributed by atoms with Crippen LogP contribution in [-0.4, -0.2) is 0 Å². The molecule has 0 aromatic carbocycles. The molecule has 0 N–H and O–H groups in total. The van der Waals surface area contributed by atoms with Crippen molar-refractivity contribution in [2.45, 2.75) is 180 Å². The molecule has 0 fully saturated rings. The van der Waals surface area contributed by atoms with Gasteiger partial charge in [-0.15, -0.1) is 0 Å². The highest BCUT2D eigenvalue weighted by molar-refractivity contribution is 4.84. The van der Waals surface area contributed by atoms with Crippen molar-refractivity contribution < 1.29 is 17.0 Å². The molecule has 1 heterocycles. The Morgan fingerprint density at radius 3 is 1.00 bits per heavy atom. The molecule has 0 amide bonds. The molecular formula is C33H62ClN. The van der Waals surface area contributed by atoms with Gasteiger partial charge in [0.05, 0.1) is 0 Å². The minimum absolute atomic E-state index is 0. The van der Waals surface area contributed by atoms with Crippen molar-refractivity contribution >= 4 is 0 Å². The van der Waals surface area contributed by atoms with Crippen molar-refractivity contribution in [1.29, 1.82) is 0 Å². The van der Waals surface area contributed by atoms with E-state index in [0.29, 0.717) is 6.04 Å². The predicted octanol–water partition coefficient (Wildman–Crippen LogP) is 8.31. The van der Waals surface area contributed by atoms with E-state index in [4.69, 9.17) is 0 Å². The lowest BCUT2D eigenvalue weighted by molar-refractivity contribution is -0.724. The molecule has 1 aromatic heterocycles. The monoisotopic (exact) mass is 507 g/mol. The van der Waals surface area contributed by atoms with E-state index < -0.39 is 0 Å². The van der Waals surface area contributed by atoms with E-state index in [-0.39, 0.29) is 12.4 Å². The summed E-state index contributed by atoms with van der Waals surface area (Å²) in [6.07, 6.45) is 40.5. The third-order valence-corrected chi connectivity index (χ3v) is 7.69. The van der Waals surface area contributed by atoms with Crippen molar-refractivity contribution in [2.24, 2.45) is 0 Å². The first-order valence-electron chi connectivity index (χ1n) is 15.8. The van der Waals surface area contributed by atoms with Gasteiger partial charge in [0.2, 0.25) is 0 Å². The lowest BCUT2D eigenvalue weighted by Crippen LogP contribution is -3.00. The smallest absolute Gasteiger partial charge is 0.169 e. The lowest BCUT2D eigenvalue weighted by Gasteiger charge is -2.13. The summed E-state index contributed by atoms with van der Waals surface area (Å²) < 4.78 is 2.49. The van der Waals surface area contributed by atoms with Crippen LogP contribution in [0.5, 0.6) is 0 Å². The molecule has 206 valence electrons. The Kier molecular flexibility index (Phi) is 27.6. The minimum atomic E-state index is 0. The second-order valence-electron chi connectivity index (χ2n) is 11.0. The minimum Gasteiger partial charge on any atom is -1.00 e. The van der Waals surface area contributed by atoms with Gasteiger partial charge in [0, 0.05) is 25.0 Å². The molecule has 0 spiro atoms. The van der Waals surface area contributed by atoms with Crippen molar-refractivity contribution in [2.75, 3.05) is 0 Å². The Morgan fingerprint density at radius 1 is 0.400 bits per heavy atom. The second-order valence-corrected chi connectivity index (χ2v) is 11.0. The number of aromatic nitrogens is 1. The highest BCUT2D eigenvalue weighted by atomic mass is 35.5. The molecule has 1 nitrogen and oxygen atoms in total. The number of pyridine rings is 1. The van der Waals surface area contributed by atoms with Crippen LogP contribution >= 0.6 is 0 Å². The van der Waals surface area contributed by atoms with Gasteiger partial charge in [-0.1, -0.05) is 155 Å². The molecule has 0 aliphatic rings. The van der Waals surface area contributed by atoms with E-state index in [1.807, 2.05) is 0 Å². The molecule has 0 aliphatic carbocycles. The predicted molar refractivity (Wildman–Crippen MR) is 152 cm³/mol. The Balaban J connectivity index is 0.0000116. The summed E-state index contributed by atoms with van der Waals surface area (Å²) in [6, 6.07) is 7.27. The molecule has 0 radical (unpaired) electrons. The quantitative estimate of drug-likeness (QED) is 0.0876. The zero-order chi connectivity index (χ0) is 24.4. The summed E-state index contributed by atoms with van der Waals surface area (Å²) in [5.41, 5.74) is 0. The first kappa shape index (κ1) is 34.4. The molecule has 1 atom stereocenters. The molecule has 0 aliphatic heterocycles. The van der Waals surface area contributed by atoms with Crippen LogP contribution in [0.15, 0.2) is 30.6 Å². The highest BCUT2D eigenvalue weighted by Crippen LogP contribution is 2.20. The molecular weight excluding hydrogens is 446 g/mol. The number of halogens is 1. The molecule has 1 rings (SSSR count). The van der Waals surface area contributed by atoms with Crippen LogP contribution in [0.2, 0.25) is 0 Å². The standard InChI is InChI=1S/C33H62N.ClH/c1-3-5-7-9-11-13-15-16-17-19-21-23-26-30-33(34-31-27-24-28-32-34)29-25-22-20-18-14-12-10-8-6-4-2;/h24,27-28,31-33H,3-23,25-26,29-30H2,1-2H3;1H/q+1;/p-1. The van der Waals surface area contributed by atoms with Crippen molar-refractivity contribution in [3.8, 4) is 0 Å². The fourth-order valence-corrected chi connectivity index (χ4v) is 5.36. The first-order chi connectivity index (χ1) is 16.9. The van der Waals surface area contributed by atoms with E-state index in [0.717, 1.165) is 0 Å². The first-order valence-corrected chi connectivity index (χ1v) is 15.8. The van der Waals surface area contributed by atoms with Crippen LogP contribution in [0.3, 0.4) is 0 Å². The maximum Gasteiger partial charge on any atom is 0.169 e. The summed E-state index contributed by atoms with van der Waals surface area (Å²) in [4.78, 5) is 0. The molecule has 1 unspecified atom stereocenters. The van der Waals surface area contributed by atoms with Gasteiger partial charge in [0.25, 0.3) is 0 Å². The number of hydrogen-bond acceptors (Lipinski definition) is 0. The maximum absolute atomic E-state index is 2.49. The van der Waals surface area contributed by atoms with E-state index in [1.54, 1.807) is 0 Å². The highest BCUT2D eigenvalue weighted by Gasteiger charge is 2.16. The van der Waals surface area contributed by atoms with Crippen molar-refractivity contribution in [1.82, 2.24) is 0 Å². The summed E-state index contributed by atoms with van der Waals surface area (Å²) >= 11 is 0. The fraction of sp³-hybridized carbons (Fsp3) is 0.848. The van der Waals surface area contributed by atoms with E-state index in [9.17, 15) is 0 Å². The molecule has 0 bridgehead atoms. The third kappa shape index (κ3) is 22.4. The zero-order valence-electron chi connectivity index (χ0n) is 24.0. The van der Waals surface area contributed by atoms with Gasteiger partial charge < -0.3 is 12.4 Å². The molecule has 0 saturated carbocycles. The average Bonchev–Trinajstić information content (AvgIpc) is 2.87. The van der Waals surface area contributed by atoms with E-state index in [1.165, 1.54) is 161 Å². The number of nitrogens with zero attached hydrogens (tertiary/aromatic N) is 1. The number of unbranched alkanes of at least 4 members (excludes halogenated alkanes) is 21. The number of rotatable bonds is 26. The summed E-state index contributed by atoms with van der Waals surface area (Å²) in [7, 11) is 0. The van der Waals surface area contributed by atoms with Crippen LogP contribution in [0.25, 0.3) is 0 Å². The normalized spacial score (nSPS) is 11.9. The van der Waals surface area contributed by atoms with Gasteiger partial charge >= 0.3 is 0 Å². The van der Waals surface area contributed by atoms with Gasteiger partial charge in [-0.3, -0.25) is 0 Å². The summed E-state index contributed by atoms with van der Waals surface area (Å²) in [6.45, 7) is 4.61. The van der Waals surface area contributed by atoms with Crippen LogP contribution < -0.4 is 17.0 Å². The van der Waals surface area contributed by atoms with Gasteiger partial charge in [0.15, 0.2) is 18.4 Å². The fourth-order valence-electron chi connectivity index (χ4n) is 5.36. The Bertz CT molecular complexity index is 503. The van der Waals surface area contributed by atoms with Crippen LogP contribution in [-0.2, 0) is 0 Å². The summed E-state index contributed by atoms with van der Waals surface area (Å²) in [5, 5.41) is 0. The molecule has 0 saturated heterocycles. The Hall–Kier alpha value is -0.560. The van der Waals surface area contributed by atoms with Crippen LogP contribution in [0.1, 0.15) is 180 Å². The Labute approximate surface area is 227 Å². The SMILES string of the molecule is CCCCCCCCCCCCCCCC(CCCCCCCCCCCC)[n+]1ccccc1.[Cl-]. The van der Waals surface area contributed by atoms with Crippen molar-refractivity contribution in [3.05, 3.63) is 30.6 Å². The van der Waals surface area contributed by atoms with Gasteiger partial charge in [0.1, 0.15) is 0 Å². The van der Waals surface area contributed by atoms with Gasteiger partial charge in [-0.05, 0) is 12.8 Å². The topological polar surface area (TPSA) is 3.88 Å². The van der Waals surface area contributed by atoms with Gasteiger partial charge in [-0.25, -0.2) is 4.57 Å². The van der Waals surface area contributed by atoms with E-state index >= 15 is 0 Å². The third-order valence-electron chi connectivity index (χ3n) is 7.69. The molecule has 35 heavy (non-hydrogen) atoms.